The molecule has 2 heterocycles. The lowest BCUT2D eigenvalue weighted by molar-refractivity contribution is -0.141. The lowest BCUT2D eigenvalue weighted by Crippen LogP contribution is -2.07. The molecule has 1 radical (unpaired) electrons. The Morgan fingerprint density at radius 3 is 2.63 bits per heavy atom. The molecule has 0 spiro atoms. The summed E-state index contributed by atoms with van der Waals surface area (Å²) in [5.41, 5.74) is 1.37. The van der Waals surface area contributed by atoms with Gasteiger partial charge in [-0.1, -0.05) is 6.07 Å². The topological polar surface area (TPSA) is 28.7 Å². The minimum atomic E-state index is -4.41. The van der Waals surface area contributed by atoms with Gasteiger partial charge in [0.1, 0.15) is 5.69 Å². The summed E-state index contributed by atoms with van der Waals surface area (Å²) in [4.78, 5) is 6.57. The molecular weight excluding hydrogens is 253 g/mol. The van der Waals surface area contributed by atoms with Gasteiger partial charge in [0.2, 0.25) is 0 Å². The first-order valence-corrected chi connectivity index (χ1v) is 5.56. The van der Waals surface area contributed by atoms with Gasteiger partial charge in [-0.15, -0.1) is 0 Å². The van der Waals surface area contributed by atoms with Gasteiger partial charge >= 0.3 is 6.18 Å². The van der Waals surface area contributed by atoms with E-state index in [0.29, 0.717) is 5.56 Å². The zero-order valence-electron chi connectivity index (χ0n) is 9.62. The molecule has 2 nitrogen and oxygen atoms in total. The second-order valence-corrected chi connectivity index (χ2v) is 4.13. The summed E-state index contributed by atoms with van der Waals surface area (Å²) >= 11 is 0. The maximum Gasteiger partial charge on any atom is 0.433 e. The molecule has 3 rings (SSSR count). The number of hydrogen-bond donors (Lipinski definition) is 1. The molecule has 95 valence electrons. The summed E-state index contributed by atoms with van der Waals surface area (Å²) in [6.07, 6.45) is -3.19. The van der Waals surface area contributed by atoms with Crippen LogP contribution in [0.3, 0.4) is 0 Å². The third-order valence-corrected chi connectivity index (χ3v) is 2.83. The van der Waals surface area contributed by atoms with Crippen LogP contribution in [-0.4, -0.2) is 9.97 Å². The number of pyridine rings is 1. The van der Waals surface area contributed by atoms with Crippen molar-refractivity contribution in [2.24, 2.45) is 0 Å². The van der Waals surface area contributed by atoms with Gasteiger partial charge in [0.05, 0.1) is 0 Å². The fourth-order valence-corrected chi connectivity index (χ4v) is 1.89. The van der Waals surface area contributed by atoms with Crippen molar-refractivity contribution in [3.8, 4) is 11.3 Å². The van der Waals surface area contributed by atoms with E-state index in [-0.39, 0.29) is 0 Å². The first-order chi connectivity index (χ1) is 9.04. The molecular formula is C14H8F3N2. The first-order valence-electron chi connectivity index (χ1n) is 5.56. The van der Waals surface area contributed by atoms with Crippen molar-refractivity contribution in [1.29, 1.82) is 0 Å². The standard InChI is InChI=1S/C14H8F3N2/c15-14(16,17)13-6-5-10(8-18-13)12-7-9-3-1-2-4-11(9)19-12/h2-8,19H. The van der Waals surface area contributed by atoms with E-state index in [0.717, 1.165) is 22.7 Å². The molecule has 1 aromatic carbocycles. The minimum absolute atomic E-state index is 0.615. The van der Waals surface area contributed by atoms with Crippen molar-refractivity contribution in [2.45, 2.75) is 6.18 Å². The molecule has 0 amide bonds. The van der Waals surface area contributed by atoms with Gasteiger partial charge in [0.15, 0.2) is 0 Å². The van der Waals surface area contributed by atoms with E-state index in [1.165, 1.54) is 12.3 Å². The number of nitrogens with one attached hydrogen (secondary N) is 1. The highest BCUT2D eigenvalue weighted by molar-refractivity contribution is 5.85. The number of fused-ring (bicyclic) bond motifs is 1. The van der Waals surface area contributed by atoms with E-state index < -0.39 is 11.9 Å². The van der Waals surface area contributed by atoms with E-state index in [9.17, 15) is 13.2 Å². The van der Waals surface area contributed by atoms with Gasteiger partial charge in [-0.2, -0.15) is 13.2 Å². The Morgan fingerprint density at radius 1 is 1.16 bits per heavy atom. The monoisotopic (exact) mass is 261 g/mol. The van der Waals surface area contributed by atoms with Crippen molar-refractivity contribution in [2.75, 3.05) is 0 Å². The number of hydrogen-bond acceptors (Lipinski definition) is 1. The number of aromatic nitrogens is 2. The summed E-state index contributed by atoms with van der Waals surface area (Å²) in [7, 11) is 0. The van der Waals surface area contributed by atoms with Crippen LogP contribution in [0.2, 0.25) is 0 Å². The van der Waals surface area contributed by atoms with E-state index in [4.69, 9.17) is 0 Å². The molecule has 0 bridgehead atoms. The molecule has 1 N–H and O–H groups in total. The van der Waals surface area contributed by atoms with Gasteiger partial charge in [0.25, 0.3) is 0 Å². The summed E-state index contributed by atoms with van der Waals surface area (Å²) in [6, 6.07) is 12.6. The van der Waals surface area contributed by atoms with Crippen LogP contribution in [0.1, 0.15) is 5.69 Å². The Morgan fingerprint density at radius 2 is 2.00 bits per heavy atom. The highest BCUT2D eigenvalue weighted by Gasteiger charge is 2.32. The fourth-order valence-electron chi connectivity index (χ4n) is 1.89. The van der Waals surface area contributed by atoms with E-state index in [1.54, 1.807) is 6.07 Å². The Balaban J connectivity index is 2.02. The van der Waals surface area contributed by atoms with Gasteiger partial charge < -0.3 is 4.98 Å². The van der Waals surface area contributed by atoms with Crippen molar-refractivity contribution < 1.29 is 13.2 Å². The third-order valence-electron chi connectivity index (χ3n) is 2.83. The number of H-pyrrole nitrogens is 1. The second kappa shape index (κ2) is 4.12. The zero-order chi connectivity index (χ0) is 13.5. The van der Waals surface area contributed by atoms with Gasteiger partial charge in [-0.05, 0) is 36.4 Å². The summed E-state index contributed by atoms with van der Waals surface area (Å²) < 4.78 is 37.2. The summed E-state index contributed by atoms with van der Waals surface area (Å²) in [6.45, 7) is 0. The molecule has 0 saturated heterocycles. The van der Waals surface area contributed by atoms with Gasteiger partial charge in [-0.3, -0.25) is 4.98 Å². The van der Waals surface area contributed by atoms with Gasteiger partial charge in [0, 0.05) is 28.4 Å². The molecule has 0 aliphatic carbocycles. The number of alkyl halides is 3. The van der Waals surface area contributed by atoms with Gasteiger partial charge in [-0.25, -0.2) is 0 Å². The van der Waals surface area contributed by atoms with Crippen LogP contribution in [-0.2, 0) is 6.18 Å². The van der Waals surface area contributed by atoms with E-state index in [2.05, 4.69) is 16.0 Å². The maximum atomic E-state index is 12.4. The van der Waals surface area contributed by atoms with Crippen molar-refractivity contribution in [3.63, 3.8) is 0 Å². The van der Waals surface area contributed by atoms with Crippen LogP contribution >= 0.6 is 0 Å². The number of aromatic amines is 1. The average molecular weight is 261 g/mol. The quantitative estimate of drug-likeness (QED) is 0.703. The molecule has 0 fully saturated rings. The maximum absolute atomic E-state index is 12.4. The lowest BCUT2D eigenvalue weighted by atomic mass is 10.2. The van der Waals surface area contributed by atoms with Crippen molar-refractivity contribution >= 4 is 10.9 Å². The molecule has 5 heteroatoms. The largest absolute Gasteiger partial charge is 0.433 e. The summed E-state index contributed by atoms with van der Waals surface area (Å²) in [5.74, 6) is 0. The minimum Gasteiger partial charge on any atom is -0.354 e. The van der Waals surface area contributed by atoms with Crippen molar-refractivity contribution in [3.05, 3.63) is 54.4 Å². The first kappa shape index (κ1) is 11.8. The van der Waals surface area contributed by atoms with Crippen LogP contribution in [0.25, 0.3) is 22.2 Å². The van der Waals surface area contributed by atoms with Crippen LogP contribution in [0.5, 0.6) is 0 Å². The highest BCUT2D eigenvalue weighted by Crippen LogP contribution is 2.29. The van der Waals surface area contributed by atoms with E-state index in [1.807, 2.05) is 18.2 Å². The number of benzene rings is 1. The second-order valence-electron chi connectivity index (χ2n) is 4.13. The number of rotatable bonds is 1. The Bertz CT molecular complexity index is 678. The molecule has 0 unspecified atom stereocenters. The molecule has 0 aliphatic heterocycles. The highest BCUT2D eigenvalue weighted by atomic mass is 19.4. The molecule has 19 heavy (non-hydrogen) atoms. The smallest absolute Gasteiger partial charge is 0.354 e. The fraction of sp³-hybridized carbons (Fsp3) is 0.0714. The Kier molecular flexibility index (Phi) is 2.55. The SMILES string of the molecule is FC(F)(F)c1ccc(-c2cc3c[c]ccc3[nH]2)cn1. The molecule has 0 aliphatic rings. The predicted molar refractivity (Wildman–Crippen MR) is 65.4 cm³/mol. The number of nitrogens with zero attached hydrogens (tertiary/aromatic N) is 1. The normalized spacial score (nSPS) is 11.9. The number of halogens is 3. The summed E-state index contributed by atoms with van der Waals surface area (Å²) in [5, 5.41) is 0.956. The van der Waals surface area contributed by atoms with Crippen LogP contribution < -0.4 is 0 Å². The Hall–Kier alpha value is -2.30. The molecule has 3 aromatic rings. The zero-order valence-corrected chi connectivity index (χ0v) is 9.62. The van der Waals surface area contributed by atoms with Crippen molar-refractivity contribution in [1.82, 2.24) is 9.97 Å². The molecule has 2 aromatic heterocycles. The lowest BCUT2D eigenvalue weighted by Gasteiger charge is -2.05. The Labute approximate surface area is 106 Å². The van der Waals surface area contributed by atoms with Crippen LogP contribution in [0.15, 0.2) is 42.6 Å². The van der Waals surface area contributed by atoms with Crippen LogP contribution in [0, 0.1) is 6.07 Å². The average Bonchev–Trinajstić information content (AvgIpc) is 2.81. The molecule has 0 saturated carbocycles. The van der Waals surface area contributed by atoms with Crippen LogP contribution in [0.4, 0.5) is 13.2 Å². The molecule has 0 atom stereocenters. The van der Waals surface area contributed by atoms with E-state index >= 15 is 0 Å². The predicted octanol–water partition coefficient (Wildman–Crippen LogP) is 4.05. The third kappa shape index (κ3) is 2.19.